The lowest BCUT2D eigenvalue weighted by molar-refractivity contribution is 0.0948. The van der Waals surface area contributed by atoms with Gasteiger partial charge >= 0.3 is 0 Å². The van der Waals surface area contributed by atoms with Gasteiger partial charge in [0.15, 0.2) is 11.5 Å². The fraction of sp³-hybridized carbons (Fsp3) is 0.364. The molecule has 0 saturated heterocycles. The zero-order valence-corrected chi connectivity index (χ0v) is 17.3. The highest BCUT2D eigenvalue weighted by Crippen LogP contribution is 2.38. The Balaban J connectivity index is 1.84. The van der Waals surface area contributed by atoms with Crippen LogP contribution in [0.2, 0.25) is 0 Å². The van der Waals surface area contributed by atoms with Gasteiger partial charge in [0.25, 0.3) is 5.91 Å². The highest BCUT2D eigenvalue weighted by atomic mass is 16.5. The van der Waals surface area contributed by atoms with Gasteiger partial charge in [0.05, 0.1) is 38.9 Å². The van der Waals surface area contributed by atoms with Crippen LogP contribution < -0.4 is 19.5 Å². The summed E-state index contributed by atoms with van der Waals surface area (Å²) in [6, 6.07) is 11.3. The van der Waals surface area contributed by atoms with Crippen LogP contribution in [0.5, 0.6) is 17.2 Å². The lowest BCUT2D eigenvalue weighted by Gasteiger charge is -2.14. The van der Waals surface area contributed by atoms with E-state index in [1.54, 1.807) is 12.1 Å². The molecule has 0 bridgehead atoms. The first-order valence-electron chi connectivity index (χ1n) is 9.65. The van der Waals surface area contributed by atoms with Crippen molar-refractivity contribution in [3.63, 3.8) is 0 Å². The molecule has 0 unspecified atom stereocenters. The molecule has 0 spiro atoms. The van der Waals surface area contributed by atoms with Crippen LogP contribution in [0, 0.1) is 0 Å². The van der Waals surface area contributed by atoms with E-state index in [-0.39, 0.29) is 5.91 Å². The van der Waals surface area contributed by atoms with Gasteiger partial charge in [0.1, 0.15) is 5.82 Å². The lowest BCUT2D eigenvalue weighted by atomic mass is 10.1. The number of nitrogens with zero attached hydrogens (tertiary/aromatic N) is 2. The molecule has 2 aromatic carbocycles. The molecule has 0 fully saturated rings. The fourth-order valence-electron chi connectivity index (χ4n) is 3.30. The van der Waals surface area contributed by atoms with E-state index in [2.05, 4.69) is 22.9 Å². The second-order valence-corrected chi connectivity index (χ2v) is 6.62. The van der Waals surface area contributed by atoms with E-state index in [0.717, 1.165) is 36.2 Å². The second kappa shape index (κ2) is 9.32. The molecule has 29 heavy (non-hydrogen) atoms. The van der Waals surface area contributed by atoms with Crippen molar-refractivity contribution < 1.29 is 19.0 Å². The molecule has 1 heterocycles. The summed E-state index contributed by atoms with van der Waals surface area (Å²) in [4.78, 5) is 17.5. The number of methoxy groups -OCH3 is 3. The predicted octanol–water partition coefficient (Wildman–Crippen LogP) is 3.79. The van der Waals surface area contributed by atoms with Gasteiger partial charge in [0, 0.05) is 12.1 Å². The molecule has 0 aliphatic rings. The van der Waals surface area contributed by atoms with Crippen LogP contribution >= 0.6 is 0 Å². The number of benzene rings is 2. The molecule has 0 aliphatic heterocycles. The molecule has 0 radical (unpaired) electrons. The number of nitrogens with one attached hydrogen (secondary N) is 1. The highest BCUT2D eigenvalue weighted by molar-refractivity contribution is 5.95. The van der Waals surface area contributed by atoms with Crippen LogP contribution in [0.1, 0.15) is 35.9 Å². The Labute approximate surface area is 170 Å². The van der Waals surface area contributed by atoms with Crippen molar-refractivity contribution >= 4 is 16.9 Å². The number of hydrogen-bond acceptors (Lipinski definition) is 5. The topological polar surface area (TPSA) is 74.6 Å². The van der Waals surface area contributed by atoms with Crippen LogP contribution in [-0.4, -0.2) is 36.8 Å². The number of amides is 1. The van der Waals surface area contributed by atoms with E-state index < -0.39 is 0 Å². The average Bonchev–Trinajstić information content (AvgIpc) is 3.12. The number of imidazole rings is 1. The summed E-state index contributed by atoms with van der Waals surface area (Å²) in [5, 5.41) is 2.96. The molecule has 3 rings (SSSR count). The van der Waals surface area contributed by atoms with Gasteiger partial charge in [-0.25, -0.2) is 4.98 Å². The van der Waals surface area contributed by atoms with Crippen LogP contribution in [-0.2, 0) is 13.1 Å². The Morgan fingerprint density at radius 3 is 2.38 bits per heavy atom. The Bertz CT molecular complexity index is 972. The molecule has 7 nitrogen and oxygen atoms in total. The van der Waals surface area contributed by atoms with E-state index in [1.807, 2.05) is 18.2 Å². The quantitative estimate of drug-likeness (QED) is 0.595. The lowest BCUT2D eigenvalue weighted by Crippen LogP contribution is -2.25. The zero-order valence-electron chi connectivity index (χ0n) is 17.3. The van der Waals surface area contributed by atoms with Gasteiger partial charge in [0.2, 0.25) is 5.75 Å². The van der Waals surface area contributed by atoms with E-state index in [0.29, 0.717) is 29.4 Å². The predicted molar refractivity (Wildman–Crippen MR) is 112 cm³/mol. The first-order chi connectivity index (χ1) is 14.1. The van der Waals surface area contributed by atoms with Crippen molar-refractivity contribution in [3.8, 4) is 17.2 Å². The van der Waals surface area contributed by atoms with Crippen LogP contribution in [0.3, 0.4) is 0 Å². The molecule has 0 saturated carbocycles. The van der Waals surface area contributed by atoms with E-state index in [4.69, 9.17) is 19.2 Å². The van der Waals surface area contributed by atoms with Gasteiger partial charge in [-0.3, -0.25) is 4.79 Å². The molecule has 154 valence electrons. The molecule has 1 amide bonds. The normalized spacial score (nSPS) is 10.8. The largest absolute Gasteiger partial charge is 0.493 e. The van der Waals surface area contributed by atoms with Crippen molar-refractivity contribution in [3.05, 3.63) is 47.8 Å². The second-order valence-electron chi connectivity index (χ2n) is 6.62. The number of fused-ring (bicyclic) bond motifs is 1. The maximum absolute atomic E-state index is 12.8. The Morgan fingerprint density at radius 1 is 1.07 bits per heavy atom. The van der Waals surface area contributed by atoms with Crippen LogP contribution in [0.4, 0.5) is 0 Å². The number of rotatable bonds is 9. The summed E-state index contributed by atoms with van der Waals surface area (Å²) in [6.45, 7) is 3.35. The molecule has 0 aliphatic carbocycles. The minimum absolute atomic E-state index is 0.238. The van der Waals surface area contributed by atoms with Crippen molar-refractivity contribution in [2.75, 3.05) is 21.3 Å². The van der Waals surface area contributed by atoms with Crippen molar-refractivity contribution in [1.82, 2.24) is 14.9 Å². The summed E-state index contributed by atoms with van der Waals surface area (Å²) in [5.41, 5.74) is 2.44. The maximum Gasteiger partial charge on any atom is 0.251 e. The summed E-state index contributed by atoms with van der Waals surface area (Å²) < 4.78 is 18.2. The molecular weight excluding hydrogens is 370 g/mol. The molecule has 0 atom stereocenters. The minimum atomic E-state index is -0.238. The van der Waals surface area contributed by atoms with E-state index in [1.165, 1.54) is 21.3 Å². The standard InChI is InChI=1S/C22H27N3O4/c1-5-6-11-25-17-10-8-7-9-16(17)24-20(25)14-23-22(26)15-12-18(27-2)21(29-4)19(13-15)28-3/h7-10,12-13H,5-6,11,14H2,1-4H3,(H,23,26). The summed E-state index contributed by atoms with van der Waals surface area (Å²) >= 11 is 0. The third kappa shape index (κ3) is 4.29. The first kappa shape index (κ1) is 20.5. The molecule has 7 heteroatoms. The maximum atomic E-state index is 12.8. The zero-order chi connectivity index (χ0) is 20.8. The van der Waals surface area contributed by atoms with E-state index in [9.17, 15) is 4.79 Å². The Kier molecular flexibility index (Phi) is 6.59. The number of carbonyl (C=O) groups is 1. The van der Waals surface area contributed by atoms with Crippen molar-refractivity contribution in [2.45, 2.75) is 32.9 Å². The number of ether oxygens (including phenoxy) is 3. The van der Waals surface area contributed by atoms with Crippen molar-refractivity contribution in [1.29, 1.82) is 0 Å². The van der Waals surface area contributed by atoms with Crippen LogP contribution in [0.15, 0.2) is 36.4 Å². The monoisotopic (exact) mass is 397 g/mol. The number of para-hydroxylation sites is 2. The summed E-state index contributed by atoms with van der Waals surface area (Å²) in [6.07, 6.45) is 2.14. The number of unbranched alkanes of at least 4 members (excludes halogenated alkanes) is 1. The third-order valence-electron chi connectivity index (χ3n) is 4.80. The minimum Gasteiger partial charge on any atom is -0.493 e. The summed E-state index contributed by atoms with van der Waals surface area (Å²) in [7, 11) is 4.57. The highest BCUT2D eigenvalue weighted by Gasteiger charge is 2.18. The third-order valence-corrected chi connectivity index (χ3v) is 4.80. The molecule has 1 aromatic heterocycles. The van der Waals surface area contributed by atoms with Crippen molar-refractivity contribution in [2.24, 2.45) is 0 Å². The summed E-state index contributed by atoms with van der Waals surface area (Å²) in [5.74, 6) is 1.92. The van der Waals surface area contributed by atoms with Gasteiger partial charge in [-0.15, -0.1) is 0 Å². The SMILES string of the molecule is CCCCn1c(CNC(=O)c2cc(OC)c(OC)c(OC)c2)nc2ccccc21. The van der Waals surface area contributed by atoms with Crippen LogP contribution in [0.25, 0.3) is 11.0 Å². The number of hydrogen-bond donors (Lipinski definition) is 1. The fourth-order valence-corrected chi connectivity index (χ4v) is 3.30. The Hall–Kier alpha value is -3.22. The van der Waals surface area contributed by atoms with Gasteiger partial charge in [-0.1, -0.05) is 25.5 Å². The Morgan fingerprint density at radius 2 is 1.76 bits per heavy atom. The first-order valence-corrected chi connectivity index (χ1v) is 9.65. The average molecular weight is 397 g/mol. The number of carbonyl (C=O) groups excluding carboxylic acids is 1. The smallest absolute Gasteiger partial charge is 0.251 e. The number of aryl methyl sites for hydroxylation is 1. The molecule has 3 aromatic rings. The van der Waals surface area contributed by atoms with Gasteiger partial charge in [-0.2, -0.15) is 0 Å². The van der Waals surface area contributed by atoms with Gasteiger partial charge < -0.3 is 24.1 Å². The number of aromatic nitrogens is 2. The molecule has 1 N–H and O–H groups in total. The van der Waals surface area contributed by atoms with E-state index >= 15 is 0 Å². The van der Waals surface area contributed by atoms with Gasteiger partial charge in [-0.05, 0) is 30.7 Å². The molecular formula is C22H27N3O4.